The average molecular weight is 738 g/mol. The van der Waals surface area contributed by atoms with Crippen LogP contribution in [-0.2, 0) is 6.42 Å². The smallest absolute Gasteiger partial charge is 0.0788 e. The summed E-state index contributed by atoms with van der Waals surface area (Å²) < 4.78 is 0. The molecular formula is C57H39N. The first-order valence-electron chi connectivity index (χ1n) is 20.2. The Labute approximate surface area is 338 Å². The van der Waals surface area contributed by atoms with Crippen molar-refractivity contribution in [2.45, 2.75) is 13.3 Å². The van der Waals surface area contributed by atoms with Gasteiger partial charge in [0.25, 0.3) is 0 Å². The molecule has 0 spiro atoms. The Hall–Kier alpha value is -7.35. The predicted molar refractivity (Wildman–Crippen MR) is 247 cm³/mol. The van der Waals surface area contributed by atoms with E-state index >= 15 is 0 Å². The Kier molecular flexibility index (Phi) is 8.19. The number of pyridine rings is 1. The van der Waals surface area contributed by atoms with Crippen molar-refractivity contribution in [3.05, 3.63) is 223 Å². The fraction of sp³-hybridized carbons (Fsp3) is 0.0351. The highest BCUT2D eigenvalue weighted by Gasteiger charge is 2.17. The molecule has 58 heavy (non-hydrogen) atoms. The fourth-order valence-corrected chi connectivity index (χ4v) is 9.11. The third kappa shape index (κ3) is 5.92. The van der Waals surface area contributed by atoms with E-state index < -0.39 is 0 Å². The molecule has 0 bridgehead atoms. The summed E-state index contributed by atoms with van der Waals surface area (Å²) in [6, 6.07) is 75.4. The van der Waals surface area contributed by atoms with Gasteiger partial charge in [-0.05, 0) is 125 Å². The molecule has 0 aliphatic rings. The van der Waals surface area contributed by atoms with Gasteiger partial charge in [0.1, 0.15) is 0 Å². The number of hydrogen-bond acceptors (Lipinski definition) is 1. The third-order valence-electron chi connectivity index (χ3n) is 12.1. The molecule has 1 heterocycles. The first kappa shape index (κ1) is 33.9. The van der Waals surface area contributed by atoms with Crippen molar-refractivity contribution in [2.24, 2.45) is 0 Å². The molecule has 1 nitrogen and oxygen atoms in total. The molecule has 0 amide bonds. The molecule has 10 aromatic carbocycles. The Morgan fingerprint density at radius 1 is 0.362 bits per heavy atom. The summed E-state index contributed by atoms with van der Waals surface area (Å²) in [5.41, 5.74) is 14.6. The summed E-state index contributed by atoms with van der Waals surface area (Å²) in [5, 5.41) is 11.1. The molecule has 1 aromatic heterocycles. The minimum atomic E-state index is 0.850. The second-order valence-electron chi connectivity index (χ2n) is 15.5. The second-order valence-corrected chi connectivity index (χ2v) is 15.5. The lowest BCUT2D eigenvalue weighted by atomic mass is 9.84. The van der Waals surface area contributed by atoms with Gasteiger partial charge < -0.3 is 0 Å². The normalized spacial score (nSPS) is 11.6. The van der Waals surface area contributed by atoms with Crippen molar-refractivity contribution in [1.82, 2.24) is 4.98 Å². The van der Waals surface area contributed by atoms with Crippen LogP contribution < -0.4 is 0 Å². The summed E-state index contributed by atoms with van der Waals surface area (Å²) in [6.07, 6.45) is 0.850. The first-order chi connectivity index (χ1) is 28.6. The quantitative estimate of drug-likeness (QED) is 0.155. The van der Waals surface area contributed by atoms with Crippen LogP contribution in [0.4, 0.5) is 0 Å². The fourth-order valence-electron chi connectivity index (χ4n) is 9.11. The maximum absolute atomic E-state index is 5.30. The van der Waals surface area contributed by atoms with Crippen molar-refractivity contribution in [3.63, 3.8) is 0 Å². The number of aromatic nitrogens is 1. The van der Waals surface area contributed by atoms with Gasteiger partial charge in [-0.15, -0.1) is 0 Å². The van der Waals surface area contributed by atoms with E-state index in [1.807, 2.05) is 0 Å². The van der Waals surface area contributed by atoms with Gasteiger partial charge in [-0.1, -0.05) is 182 Å². The van der Waals surface area contributed by atoms with Crippen molar-refractivity contribution < 1.29 is 0 Å². The van der Waals surface area contributed by atoms with E-state index in [0.29, 0.717) is 0 Å². The lowest BCUT2D eigenvalue weighted by Crippen LogP contribution is -1.97. The summed E-state index contributed by atoms with van der Waals surface area (Å²) in [6.45, 7) is 2.29. The zero-order chi connectivity index (χ0) is 38.6. The van der Waals surface area contributed by atoms with Gasteiger partial charge in [0.2, 0.25) is 0 Å². The summed E-state index contributed by atoms with van der Waals surface area (Å²) >= 11 is 0. The van der Waals surface area contributed by atoms with Crippen LogP contribution in [-0.4, -0.2) is 4.98 Å². The van der Waals surface area contributed by atoms with Crippen LogP contribution in [0.1, 0.15) is 16.7 Å². The zero-order valence-corrected chi connectivity index (χ0v) is 32.3. The summed E-state index contributed by atoms with van der Waals surface area (Å²) in [7, 11) is 0. The molecule has 1 heteroatoms. The maximum Gasteiger partial charge on any atom is 0.0788 e. The van der Waals surface area contributed by atoms with Crippen molar-refractivity contribution in [2.75, 3.05) is 0 Å². The molecule has 11 rings (SSSR count). The molecule has 0 aliphatic carbocycles. The van der Waals surface area contributed by atoms with Gasteiger partial charge in [-0.3, -0.25) is 0 Å². The van der Waals surface area contributed by atoms with Gasteiger partial charge in [0, 0.05) is 16.3 Å². The summed E-state index contributed by atoms with van der Waals surface area (Å²) in [4.78, 5) is 5.30. The van der Waals surface area contributed by atoms with Crippen LogP contribution in [0.2, 0.25) is 0 Å². The second kappa shape index (κ2) is 14.0. The molecular weight excluding hydrogens is 699 g/mol. The average Bonchev–Trinajstić information content (AvgIpc) is 3.29. The molecule has 11 aromatic rings. The highest BCUT2D eigenvalue weighted by molar-refractivity contribution is 6.16. The van der Waals surface area contributed by atoms with Crippen molar-refractivity contribution in [1.29, 1.82) is 0 Å². The Balaban J connectivity index is 0.992. The molecule has 0 N–H and O–H groups in total. The number of fused-ring (bicyclic) bond motifs is 7. The van der Waals surface area contributed by atoms with E-state index in [0.717, 1.165) is 28.6 Å². The standard InChI is InChI=1S/C57H39N/c1-37-49-16-8-9-17-51(49)52-18-10-11-19-53(52)56(37)50-30-28-45(35-48(50)32-38-12-4-2-5-13-38)42-24-25-44-34-47(27-26-43(44)33-42)55-31-29-41-22-20-40-21-23-46(36-54(40)57(41)58-55)39-14-6-3-7-15-39/h2-31,33-36H,32H2,1H3. The van der Waals surface area contributed by atoms with E-state index in [-0.39, 0.29) is 0 Å². The molecule has 0 unspecified atom stereocenters. The zero-order valence-electron chi connectivity index (χ0n) is 32.3. The molecule has 0 saturated carbocycles. The highest BCUT2D eigenvalue weighted by Crippen LogP contribution is 2.42. The molecule has 272 valence electrons. The topological polar surface area (TPSA) is 12.9 Å². The highest BCUT2D eigenvalue weighted by atomic mass is 14.7. The van der Waals surface area contributed by atoms with Crippen molar-refractivity contribution in [3.8, 4) is 44.6 Å². The van der Waals surface area contributed by atoms with Gasteiger partial charge in [-0.25, -0.2) is 4.98 Å². The lowest BCUT2D eigenvalue weighted by molar-refractivity contribution is 1.20. The number of benzene rings is 10. The minimum Gasteiger partial charge on any atom is -0.247 e. The molecule has 0 aliphatic heterocycles. The molecule has 0 fully saturated rings. The SMILES string of the molecule is Cc1c(-c2ccc(-c3ccc4cc(-c5ccc6ccc7ccc(-c8ccccc8)cc7c6n5)ccc4c3)cc2Cc2ccccc2)c2ccccc2c2ccccc12. The van der Waals surface area contributed by atoms with Gasteiger partial charge >= 0.3 is 0 Å². The van der Waals surface area contributed by atoms with Crippen LogP contribution in [0.5, 0.6) is 0 Å². The largest absolute Gasteiger partial charge is 0.247 e. The molecule has 0 atom stereocenters. The molecule has 0 radical (unpaired) electrons. The van der Waals surface area contributed by atoms with Crippen LogP contribution >= 0.6 is 0 Å². The van der Waals surface area contributed by atoms with Gasteiger partial charge in [0.05, 0.1) is 11.2 Å². The van der Waals surface area contributed by atoms with Gasteiger partial charge in [0.15, 0.2) is 0 Å². The van der Waals surface area contributed by atoms with E-state index in [4.69, 9.17) is 4.98 Å². The number of aryl methyl sites for hydroxylation is 1. The van der Waals surface area contributed by atoms with E-state index in [1.165, 1.54) is 93.2 Å². The van der Waals surface area contributed by atoms with Crippen LogP contribution in [0.3, 0.4) is 0 Å². The van der Waals surface area contributed by atoms with Crippen LogP contribution in [0, 0.1) is 6.92 Å². The Bertz CT molecular complexity index is 3360. The number of hydrogen-bond donors (Lipinski definition) is 0. The minimum absolute atomic E-state index is 0.850. The number of nitrogens with zero attached hydrogens (tertiary/aromatic N) is 1. The Morgan fingerprint density at radius 3 is 1.67 bits per heavy atom. The first-order valence-corrected chi connectivity index (χ1v) is 20.2. The number of rotatable bonds is 6. The monoisotopic (exact) mass is 737 g/mol. The van der Waals surface area contributed by atoms with Crippen molar-refractivity contribution >= 4 is 54.0 Å². The molecule has 0 saturated heterocycles. The van der Waals surface area contributed by atoms with E-state index in [2.05, 4.69) is 213 Å². The van der Waals surface area contributed by atoms with E-state index in [9.17, 15) is 0 Å². The van der Waals surface area contributed by atoms with Gasteiger partial charge in [-0.2, -0.15) is 0 Å². The Morgan fingerprint density at radius 2 is 0.897 bits per heavy atom. The van der Waals surface area contributed by atoms with Crippen LogP contribution in [0.15, 0.2) is 206 Å². The third-order valence-corrected chi connectivity index (χ3v) is 12.1. The maximum atomic E-state index is 5.30. The summed E-state index contributed by atoms with van der Waals surface area (Å²) in [5.74, 6) is 0. The van der Waals surface area contributed by atoms with E-state index in [1.54, 1.807) is 0 Å². The lowest BCUT2D eigenvalue weighted by Gasteiger charge is -2.19. The predicted octanol–water partition coefficient (Wildman–Crippen LogP) is 15.4. The van der Waals surface area contributed by atoms with Crippen LogP contribution in [0.25, 0.3) is 98.6 Å².